The minimum atomic E-state index is -0.983. The summed E-state index contributed by atoms with van der Waals surface area (Å²) in [5.74, 6) is -0.983. The third-order valence-corrected chi connectivity index (χ3v) is 3.28. The van der Waals surface area contributed by atoms with E-state index < -0.39 is 5.97 Å². The highest BCUT2D eigenvalue weighted by molar-refractivity contribution is 6.33. The predicted octanol–water partition coefficient (Wildman–Crippen LogP) is 2.68. The summed E-state index contributed by atoms with van der Waals surface area (Å²) in [6, 6.07) is 5.71. The largest absolute Gasteiger partial charge is 0.478 e. The van der Waals surface area contributed by atoms with Crippen LogP contribution in [0.1, 0.15) is 35.2 Å². The topological polar surface area (TPSA) is 49.3 Å². The van der Waals surface area contributed by atoms with Gasteiger partial charge in [0.2, 0.25) is 0 Å². The number of nitrogens with one attached hydrogen (secondary N) is 1. The molecule has 86 valence electrons. The third kappa shape index (κ3) is 2.54. The second kappa shape index (κ2) is 4.85. The molecule has 0 saturated heterocycles. The molecule has 4 heteroatoms. The molecular formula is C12H14ClNO2. The lowest BCUT2D eigenvalue weighted by atomic mass is 9.93. The quantitative estimate of drug-likeness (QED) is 0.849. The van der Waals surface area contributed by atoms with Gasteiger partial charge in [-0.15, -0.1) is 0 Å². The first kappa shape index (κ1) is 11.4. The van der Waals surface area contributed by atoms with Crippen LogP contribution in [0.3, 0.4) is 0 Å². The molecule has 2 rings (SSSR count). The van der Waals surface area contributed by atoms with E-state index in [0.717, 1.165) is 12.1 Å². The highest BCUT2D eigenvalue weighted by Crippen LogP contribution is 2.20. The van der Waals surface area contributed by atoms with E-state index in [2.05, 4.69) is 5.32 Å². The smallest absolute Gasteiger partial charge is 0.337 e. The summed E-state index contributed by atoms with van der Waals surface area (Å²) < 4.78 is 0. The minimum absolute atomic E-state index is 0.161. The number of carbonyl (C=O) groups is 1. The van der Waals surface area contributed by atoms with Crippen LogP contribution in [0, 0.1) is 0 Å². The number of hydrogen-bond donors (Lipinski definition) is 2. The Bertz CT molecular complexity index is 402. The zero-order chi connectivity index (χ0) is 11.5. The molecule has 1 aromatic carbocycles. The van der Waals surface area contributed by atoms with Crippen molar-refractivity contribution in [3.8, 4) is 0 Å². The molecule has 0 aliphatic heterocycles. The number of rotatable bonds is 4. The van der Waals surface area contributed by atoms with Crippen molar-refractivity contribution in [3.05, 3.63) is 34.3 Å². The fourth-order valence-electron chi connectivity index (χ4n) is 1.72. The summed E-state index contributed by atoms with van der Waals surface area (Å²) in [5, 5.41) is 12.5. The van der Waals surface area contributed by atoms with Gasteiger partial charge in [0.1, 0.15) is 0 Å². The molecule has 0 spiro atoms. The van der Waals surface area contributed by atoms with Crippen molar-refractivity contribution in [3.63, 3.8) is 0 Å². The van der Waals surface area contributed by atoms with E-state index in [1.165, 1.54) is 19.3 Å². The molecule has 0 aromatic heterocycles. The maximum absolute atomic E-state index is 10.8. The highest BCUT2D eigenvalue weighted by Gasteiger charge is 2.16. The third-order valence-electron chi connectivity index (χ3n) is 2.96. The van der Waals surface area contributed by atoms with Crippen LogP contribution in [-0.2, 0) is 6.54 Å². The molecule has 2 N–H and O–H groups in total. The van der Waals surface area contributed by atoms with E-state index in [1.807, 2.05) is 0 Å². The Kier molecular flexibility index (Phi) is 3.46. The van der Waals surface area contributed by atoms with Gasteiger partial charge in [-0.2, -0.15) is 0 Å². The SMILES string of the molecule is O=C(O)c1ccc(CNC2CCC2)cc1Cl. The van der Waals surface area contributed by atoms with Gasteiger partial charge in [-0.05, 0) is 30.5 Å². The predicted molar refractivity (Wildman–Crippen MR) is 62.9 cm³/mol. The lowest BCUT2D eigenvalue weighted by molar-refractivity contribution is 0.0697. The van der Waals surface area contributed by atoms with Gasteiger partial charge in [-0.25, -0.2) is 4.79 Å². The molecule has 16 heavy (non-hydrogen) atoms. The first-order chi connectivity index (χ1) is 7.66. The van der Waals surface area contributed by atoms with Crippen molar-refractivity contribution < 1.29 is 9.90 Å². The van der Waals surface area contributed by atoms with E-state index in [-0.39, 0.29) is 5.56 Å². The molecule has 1 fully saturated rings. The Hall–Kier alpha value is -1.06. The van der Waals surface area contributed by atoms with Gasteiger partial charge in [0.25, 0.3) is 0 Å². The average molecular weight is 240 g/mol. The van der Waals surface area contributed by atoms with Gasteiger partial charge in [-0.1, -0.05) is 24.1 Å². The van der Waals surface area contributed by atoms with Crippen molar-refractivity contribution in [2.75, 3.05) is 0 Å². The number of carboxylic acids is 1. The molecule has 0 amide bonds. The Morgan fingerprint density at radius 1 is 1.50 bits per heavy atom. The molecule has 1 aliphatic rings. The highest BCUT2D eigenvalue weighted by atomic mass is 35.5. The van der Waals surface area contributed by atoms with Crippen molar-refractivity contribution in [2.24, 2.45) is 0 Å². The molecule has 1 aliphatic carbocycles. The molecule has 1 saturated carbocycles. The number of aromatic carboxylic acids is 1. The summed E-state index contributed by atoms with van der Waals surface area (Å²) in [6.45, 7) is 0.754. The van der Waals surface area contributed by atoms with E-state index >= 15 is 0 Å². The fourth-order valence-corrected chi connectivity index (χ4v) is 2.00. The first-order valence-electron chi connectivity index (χ1n) is 5.42. The summed E-state index contributed by atoms with van der Waals surface area (Å²) in [7, 11) is 0. The molecule has 0 heterocycles. The summed E-state index contributed by atoms with van der Waals surface area (Å²) in [4.78, 5) is 10.8. The minimum Gasteiger partial charge on any atom is -0.478 e. The van der Waals surface area contributed by atoms with Crippen molar-refractivity contribution in [1.29, 1.82) is 0 Å². The Morgan fingerprint density at radius 2 is 2.25 bits per heavy atom. The molecule has 0 unspecified atom stereocenters. The zero-order valence-corrected chi connectivity index (χ0v) is 9.63. The van der Waals surface area contributed by atoms with Crippen molar-refractivity contribution in [1.82, 2.24) is 5.32 Å². The van der Waals surface area contributed by atoms with Crippen LogP contribution in [0.15, 0.2) is 18.2 Å². The molecule has 0 atom stereocenters. The Labute approximate surface area is 99.4 Å². The Balaban J connectivity index is 1.99. The maximum atomic E-state index is 10.8. The number of benzene rings is 1. The van der Waals surface area contributed by atoms with E-state index in [4.69, 9.17) is 16.7 Å². The van der Waals surface area contributed by atoms with Crippen LogP contribution in [0.25, 0.3) is 0 Å². The second-order valence-electron chi connectivity index (χ2n) is 4.13. The van der Waals surface area contributed by atoms with Gasteiger partial charge >= 0.3 is 5.97 Å². The van der Waals surface area contributed by atoms with Gasteiger partial charge in [0.15, 0.2) is 0 Å². The van der Waals surface area contributed by atoms with E-state index in [1.54, 1.807) is 18.2 Å². The second-order valence-corrected chi connectivity index (χ2v) is 4.54. The normalized spacial score (nSPS) is 15.8. The van der Waals surface area contributed by atoms with Gasteiger partial charge < -0.3 is 10.4 Å². The summed E-state index contributed by atoms with van der Waals surface area (Å²) in [5.41, 5.74) is 1.19. The van der Waals surface area contributed by atoms with Crippen molar-refractivity contribution >= 4 is 17.6 Å². The molecule has 0 radical (unpaired) electrons. The lowest BCUT2D eigenvalue weighted by Gasteiger charge is -2.26. The van der Waals surface area contributed by atoms with Crippen LogP contribution in [-0.4, -0.2) is 17.1 Å². The van der Waals surface area contributed by atoms with E-state index in [9.17, 15) is 4.79 Å². The van der Waals surface area contributed by atoms with Gasteiger partial charge in [0.05, 0.1) is 10.6 Å². The van der Waals surface area contributed by atoms with Crippen LogP contribution < -0.4 is 5.32 Å². The molecular weight excluding hydrogens is 226 g/mol. The summed E-state index contributed by atoms with van der Waals surface area (Å²) >= 11 is 5.88. The maximum Gasteiger partial charge on any atom is 0.337 e. The number of halogens is 1. The first-order valence-corrected chi connectivity index (χ1v) is 5.79. The Morgan fingerprint density at radius 3 is 2.75 bits per heavy atom. The van der Waals surface area contributed by atoms with Gasteiger partial charge in [-0.3, -0.25) is 0 Å². The molecule has 3 nitrogen and oxygen atoms in total. The van der Waals surface area contributed by atoms with Crippen molar-refractivity contribution in [2.45, 2.75) is 31.8 Å². The molecule has 1 aromatic rings. The van der Waals surface area contributed by atoms with Crippen LogP contribution >= 0.6 is 11.6 Å². The lowest BCUT2D eigenvalue weighted by Crippen LogP contribution is -2.34. The standard InChI is InChI=1S/C12H14ClNO2/c13-11-6-8(4-5-10(11)12(15)16)7-14-9-2-1-3-9/h4-6,9,14H,1-3,7H2,(H,15,16). The van der Waals surface area contributed by atoms with Gasteiger partial charge in [0, 0.05) is 12.6 Å². The monoisotopic (exact) mass is 239 g/mol. The average Bonchev–Trinajstić information content (AvgIpc) is 2.14. The molecule has 0 bridgehead atoms. The van der Waals surface area contributed by atoms with Crippen LogP contribution in [0.4, 0.5) is 0 Å². The van der Waals surface area contributed by atoms with Crippen LogP contribution in [0.5, 0.6) is 0 Å². The zero-order valence-electron chi connectivity index (χ0n) is 8.87. The fraction of sp³-hybridized carbons (Fsp3) is 0.417. The summed E-state index contributed by atoms with van der Waals surface area (Å²) in [6.07, 6.45) is 3.78. The van der Waals surface area contributed by atoms with Crippen LogP contribution in [0.2, 0.25) is 5.02 Å². The van der Waals surface area contributed by atoms with E-state index in [0.29, 0.717) is 11.1 Å². The number of carboxylic acid groups (broad SMARTS) is 1. The number of hydrogen-bond acceptors (Lipinski definition) is 2.